The first-order chi connectivity index (χ1) is 15.9. The van der Waals surface area contributed by atoms with Crippen molar-refractivity contribution < 1.29 is 24.2 Å². The molecule has 0 atom stereocenters. The number of thiocarbonyl (C=S) groups is 1. The number of anilines is 1. The number of benzene rings is 3. The largest absolute Gasteiger partial charge is 0.503 e. The van der Waals surface area contributed by atoms with E-state index in [2.05, 4.69) is 21.2 Å². The average Bonchev–Trinajstić information content (AvgIpc) is 2.80. The Hall–Kier alpha value is -3.69. The Morgan fingerprint density at radius 1 is 1.03 bits per heavy atom. The Kier molecular flexibility index (Phi) is 6.43. The van der Waals surface area contributed by atoms with E-state index in [1.165, 1.54) is 24.2 Å². The maximum absolute atomic E-state index is 13.2. The monoisotopic (exact) mass is 524 g/mol. The Labute approximate surface area is 203 Å². The molecular formula is C24H17BrN2O5S. The molecule has 0 saturated carbocycles. The smallest absolute Gasteiger partial charge is 0.270 e. The number of rotatable bonds is 5. The van der Waals surface area contributed by atoms with E-state index in [4.69, 9.17) is 21.7 Å². The molecule has 1 saturated heterocycles. The minimum absolute atomic E-state index is 0.0247. The van der Waals surface area contributed by atoms with Crippen molar-refractivity contribution in [3.8, 4) is 23.0 Å². The van der Waals surface area contributed by atoms with Gasteiger partial charge in [0.1, 0.15) is 17.1 Å². The van der Waals surface area contributed by atoms with Gasteiger partial charge in [-0.3, -0.25) is 19.8 Å². The molecule has 33 heavy (non-hydrogen) atoms. The zero-order valence-corrected chi connectivity index (χ0v) is 19.6. The van der Waals surface area contributed by atoms with Crippen LogP contribution in [0, 0.1) is 0 Å². The van der Waals surface area contributed by atoms with Crippen LogP contribution in [0.1, 0.15) is 5.56 Å². The SMILES string of the molecule is COc1cc(/C=C2\C(=O)NC(=S)N(c3ccc(Oc4ccccc4)cc3)C2=O)cc(Br)c1O. The van der Waals surface area contributed by atoms with E-state index in [0.29, 0.717) is 27.2 Å². The van der Waals surface area contributed by atoms with Gasteiger partial charge in [0.2, 0.25) is 0 Å². The maximum atomic E-state index is 13.2. The molecule has 7 nitrogen and oxygen atoms in total. The molecule has 1 aliphatic rings. The second-order valence-corrected chi connectivity index (χ2v) is 8.16. The van der Waals surface area contributed by atoms with Gasteiger partial charge in [-0.15, -0.1) is 0 Å². The molecule has 166 valence electrons. The van der Waals surface area contributed by atoms with Crippen molar-refractivity contribution in [3.63, 3.8) is 0 Å². The topological polar surface area (TPSA) is 88.1 Å². The molecule has 0 spiro atoms. The van der Waals surface area contributed by atoms with E-state index >= 15 is 0 Å². The molecule has 9 heteroatoms. The molecule has 1 heterocycles. The lowest BCUT2D eigenvalue weighted by Gasteiger charge is -2.29. The molecule has 0 bridgehead atoms. The first-order valence-corrected chi connectivity index (χ1v) is 10.9. The van der Waals surface area contributed by atoms with E-state index in [9.17, 15) is 14.7 Å². The van der Waals surface area contributed by atoms with Crippen molar-refractivity contribution >= 4 is 56.8 Å². The van der Waals surface area contributed by atoms with E-state index in [1.807, 2.05) is 30.3 Å². The van der Waals surface area contributed by atoms with Crippen LogP contribution in [0.15, 0.2) is 76.8 Å². The molecule has 3 aromatic rings. The van der Waals surface area contributed by atoms with Crippen molar-refractivity contribution in [1.82, 2.24) is 5.32 Å². The highest BCUT2D eigenvalue weighted by Gasteiger charge is 2.34. The summed E-state index contributed by atoms with van der Waals surface area (Å²) in [6, 6.07) is 19.2. The van der Waals surface area contributed by atoms with Gasteiger partial charge < -0.3 is 14.6 Å². The summed E-state index contributed by atoms with van der Waals surface area (Å²) < 4.78 is 11.3. The van der Waals surface area contributed by atoms with E-state index in [1.54, 1.807) is 30.3 Å². The second kappa shape index (κ2) is 9.43. The van der Waals surface area contributed by atoms with Crippen LogP contribution >= 0.6 is 28.1 Å². The van der Waals surface area contributed by atoms with Crippen LogP contribution < -0.4 is 19.7 Å². The third-order valence-corrected chi connectivity index (χ3v) is 5.65. The molecule has 0 aromatic heterocycles. The van der Waals surface area contributed by atoms with Crippen LogP contribution in [-0.4, -0.2) is 29.1 Å². The summed E-state index contributed by atoms with van der Waals surface area (Å²) in [7, 11) is 1.40. The summed E-state index contributed by atoms with van der Waals surface area (Å²) in [4.78, 5) is 27.0. The lowest BCUT2D eigenvalue weighted by molar-refractivity contribution is -0.122. The van der Waals surface area contributed by atoms with E-state index in [0.717, 1.165) is 0 Å². The van der Waals surface area contributed by atoms with Crippen molar-refractivity contribution in [2.24, 2.45) is 0 Å². The molecule has 4 rings (SSSR count). The number of para-hydroxylation sites is 1. The van der Waals surface area contributed by atoms with Crippen molar-refractivity contribution in [2.45, 2.75) is 0 Å². The number of carbonyl (C=O) groups is 2. The standard InChI is InChI=1S/C24H17BrN2O5S/c1-31-20-13-14(12-19(25)21(20)28)11-18-22(29)26-24(33)27(23(18)30)15-7-9-17(10-8-15)32-16-5-3-2-4-6-16/h2-13,28H,1H3,(H,26,29,33)/b18-11+. The van der Waals surface area contributed by atoms with E-state index < -0.39 is 11.8 Å². The number of aromatic hydroxyl groups is 1. The highest BCUT2D eigenvalue weighted by molar-refractivity contribution is 9.10. The van der Waals surface area contributed by atoms with Crippen LogP contribution in [0.5, 0.6) is 23.0 Å². The van der Waals surface area contributed by atoms with Gasteiger partial charge in [-0.25, -0.2) is 0 Å². The molecule has 1 fully saturated rings. The van der Waals surface area contributed by atoms with Gasteiger partial charge in [0.25, 0.3) is 11.8 Å². The highest BCUT2D eigenvalue weighted by atomic mass is 79.9. The van der Waals surface area contributed by atoms with E-state index in [-0.39, 0.29) is 22.2 Å². The van der Waals surface area contributed by atoms with Gasteiger partial charge in [0, 0.05) is 0 Å². The second-order valence-electron chi connectivity index (χ2n) is 6.92. The Bertz CT molecular complexity index is 1280. The van der Waals surface area contributed by atoms with Crippen LogP contribution in [0.2, 0.25) is 0 Å². The molecular weight excluding hydrogens is 508 g/mol. The fraction of sp³-hybridized carbons (Fsp3) is 0.0417. The number of ether oxygens (including phenoxy) is 2. The molecule has 2 N–H and O–H groups in total. The lowest BCUT2D eigenvalue weighted by Crippen LogP contribution is -2.54. The van der Waals surface area contributed by atoms with Crippen LogP contribution in [0.25, 0.3) is 6.08 Å². The highest BCUT2D eigenvalue weighted by Crippen LogP contribution is 2.36. The van der Waals surface area contributed by atoms with Gasteiger partial charge in [0.05, 0.1) is 17.3 Å². The zero-order chi connectivity index (χ0) is 23.5. The predicted octanol–water partition coefficient (Wildman–Crippen LogP) is 4.79. The summed E-state index contributed by atoms with van der Waals surface area (Å²) in [5, 5.41) is 12.5. The number of halogens is 1. The predicted molar refractivity (Wildman–Crippen MR) is 132 cm³/mol. The average molecular weight is 525 g/mol. The number of phenols is 1. The minimum Gasteiger partial charge on any atom is -0.503 e. The summed E-state index contributed by atoms with van der Waals surface area (Å²) in [5.41, 5.74) is 0.836. The number of hydrogen-bond donors (Lipinski definition) is 2. The third-order valence-electron chi connectivity index (χ3n) is 4.76. The first kappa shape index (κ1) is 22.5. The summed E-state index contributed by atoms with van der Waals surface area (Å²) >= 11 is 8.48. The Morgan fingerprint density at radius 2 is 1.70 bits per heavy atom. The molecule has 0 unspecified atom stereocenters. The quantitative estimate of drug-likeness (QED) is 0.283. The fourth-order valence-electron chi connectivity index (χ4n) is 3.18. The lowest BCUT2D eigenvalue weighted by atomic mass is 10.1. The molecule has 0 radical (unpaired) electrons. The number of hydrogen-bond acceptors (Lipinski definition) is 6. The number of nitrogens with one attached hydrogen (secondary N) is 1. The maximum Gasteiger partial charge on any atom is 0.270 e. The van der Waals surface area contributed by atoms with Crippen molar-refractivity contribution in [1.29, 1.82) is 0 Å². The van der Waals surface area contributed by atoms with Crippen molar-refractivity contribution in [3.05, 3.63) is 82.3 Å². The Balaban J connectivity index is 1.63. The van der Waals surface area contributed by atoms with Gasteiger partial charge >= 0.3 is 0 Å². The Morgan fingerprint density at radius 3 is 2.36 bits per heavy atom. The van der Waals surface area contributed by atoms with Gasteiger partial charge in [-0.05, 0) is 88.3 Å². The normalized spacial score (nSPS) is 14.9. The number of carbonyl (C=O) groups excluding carboxylic acids is 2. The van der Waals surface area contributed by atoms with Crippen molar-refractivity contribution in [2.75, 3.05) is 12.0 Å². The summed E-state index contributed by atoms with van der Waals surface area (Å²) in [6.07, 6.45) is 1.41. The molecule has 0 aliphatic carbocycles. The minimum atomic E-state index is -0.617. The van der Waals surface area contributed by atoms with Crippen LogP contribution in [0.4, 0.5) is 5.69 Å². The fourth-order valence-corrected chi connectivity index (χ4v) is 3.92. The molecule has 1 aliphatic heterocycles. The van der Waals surface area contributed by atoms with Gasteiger partial charge in [-0.2, -0.15) is 0 Å². The number of methoxy groups -OCH3 is 1. The van der Waals surface area contributed by atoms with Crippen LogP contribution in [0.3, 0.4) is 0 Å². The summed E-state index contributed by atoms with van der Waals surface area (Å²) in [5.74, 6) is 0.182. The molecule has 3 aromatic carbocycles. The van der Waals surface area contributed by atoms with Gasteiger partial charge in [0.15, 0.2) is 16.6 Å². The summed E-state index contributed by atoms with van der Waals surface area (Å²) in [6.45, 7) is 0. The zero-order valence-electron chi connectivity index (χ0n) is 17.2. The molecule has 2 amide bonds. The first-order valence-electron chi connectivity index (χ1n) is 9.68. The van der Waals surface area contributed by atoms with Crippen LogP contribution in [-0.2, 0) is 9.59 Å². The number of nitrogens with zero attached hydrogens (tertiary/aromatic N) is 1. The van der Waals surface area contributed by atoms with Gasteiger partial charge in [-0.1, -0.05) is 18.2 Å². The number of phenolic OH excluding ortho intramolecular Hbond substituents is 1. The third kappa shape index (κ3) is 4.74. The number of amides is 2.